The van der Waals surface area contributed by atoms with E-state index >= 15 is 0 Å². The molecule has 2 aromatic heterocycles. The molecule has 20 heavy (non-hydrogen) atoms. The van der Waals surface area contributed by atoms with Gasteiger partial charge in [0, 0.05) is 18.5 Å². The van der Waals surface area contributed by atoms with E-state index in [0.29, 0.717) is 12.5 Å². The van der Waals surface area contributed by atoms with Crippen LogP contribution in [0.1, 0.15) is 37.2 Å². The minimum Gasteiger partial charge on any atom is -0.321 e. The van der Waals surface area contributed by atoms with Crippen molar-refractivity contribution in [2.24, 2.45) is 5.73 Å². The van der Waals surface area contributed by atoms with Crippen molar-refractivity contribution >= 4 is 21.0 Å². The molecule has 0 amide bonds. The maximum atomic E-state index is 11.3. The fourth-order valence-corrected chi connectivity index (χ4v) is 3.05. The minimum atomic E-state index is -3.01. The molecule has 0 aromatic carbocycles. The highest BCUT2D eigenvalue weighted by Crippen LogP contribution is 2.39. The number of rotatable bonds is 5. The van der Waals surface area contributed by atoms with E-state index in [2.05, 4.69) is 14.5 Å². The molecule has 1 saturated carbocycles. The van der Waals surface area contributed by atoms with Crippen LogP contribution in [0.5, 0.6) is 0 Å². The predicted molar refractivity (Wildman–Crippen MR) is 77.1 cm³/mol. The molecule has 2 heterocycles. The molecular formula is C13H18N4O2S. The molecule has 6 nitrogen and oxygen atoms in total. The summed E-state index contributed by atoms with van der Waals surface area (Å²) < 4.78 is 24.6. The highest BCUT2D eigenvalue weighted by molar-refractivity contribution is 7.90. The summed E-state index contributed by atoms with van der Waals surface area (Å²) in [6.45, 7) is 0. The number of sulfone groups is 1. The molecule has 1 aliphatic carbocycles. The Morgan fingerprint density at radius 2 is 2.25 bits per heavy atom. The van der Waals surface area contributed by atoms with Crippen molar-refractivity contribution in [3.05, 3.63) is 24.2 Å². The first-order valence-electron chi connectivity index (χ1n) is 6.72. The summed E-state index contributed by atoms with van der Waals surface area (Å²) in [6.07, 6.45) is 5.57. The molecule has 2 N–H and O–H groups in total. The van der Waals surface area contributed by atoms with Crippen LogP contribution >= 0.6 is 0 Å². The Morgan fingerprint density at radius 1 is 1.50 bits per heavy atom. The van der Waals surface area contributed by atoms with Crippen molar-refractivity contribution in [3.63, 3.8) is 0 Å². The highest BCUT2D eigenvalue weighted by Gasteiger charge is 2.30. The number of hydrogen-bond acceptors (Lipinski definition) is 5. The normalized spacial score (nSPS) is 17.5. The maximum absolute atomic E-state index is 11.3. The van der Waals surface area contributed by atoms with Crippen LogP contribution in [0.4, 0.5) is 0 Å². The molecule has 1 unspecified atom stereocenters. The van der Waals surface area contributed by atoms with Gasteiger partial charge in [0.15, 0.2) is 5.65 Å². The Morgan fingerprint density at radius 3 is 2.90 bits per heavy atom. The molecule has 0 radical (unpaired) electrons. The second-order valence-electron chi connectivity index (χ2n) is 5.44. The van der Waals surface area contributed by atoms with Crippen LogP contribution in [-0.4, -0.2) is 35.0 Å². The zero-order chi connectivity index (χ0) is 14.3. The summed E-state index contributed by atoms with van der Waals surface area (Å²) in [4.78, 5) is 8.94. The lowest BCUT2D eigenvalue weighted by atomic mass is 10.2. The average Bonchev–Trinajstić information content (AvgIpc) is 3.15. The van der Waals surface area contributed by atoms with Crippen LogP contribution < -0.4 is 5.73 Å². The van der Waals surface area contributed by atoms with E-state index in [1.165, 1.54) is 6.26 Å². The summed E-state index contributed by atoms with van der Waals surface area (Å²) in [5, 5.41) is 0. The molecule has 0 spiro atoms. The van der Waals surface area contributed by atoms with Crippen molar-refractivity contribution in [2.75, 3.05) is 12.0 Å². The number of nitrogens with zero attached hydrogens (tertiary/aromatic N) is 3. The van der Waals surface area contributed by atoms with E-state index in [-0.39, 0.29) is 11.8 Å². The van der Waals surface area contributed by atoms with Gasteiger partial charge < -0.3 is 10.3 Å². The molecule has 1 fully saturated rings. The number of pyridine rings is 1. The number of fused-ring (bicyclic) bond motifs is 1. The molecule has 1 atom stereocenters. The van der Waals surface area contributed by atoms with Gasteiger partial charge in [0.1, 0.15) is 21.2 Å². The van der Waals surface area contributed by atoms with Gasteiger partial charge in [-0.3, -0.25) is 0 Å². The van der Waals surface area contributed by atoms with Gasteiger partial charge in [-0.05, 0) is 31.4 Å². The standard InChI is InChI=1S/C13H18N4O2S/c1-20(18,19)8-6-10(14)12-16-11-3-2-7-15-13(11)17(12)9-4-5-9/h2-3,7,9-10H,4-6,8,14H2,1H3. The average molecular weight is 294 g/mol. The third-order valence-electron chi connectivity index (χ3n) is 3.52. The van der Waals surface area contributed by atoms with E-state index in [0.717, 1.165) is 29.8 Å². The van der Waals surface area contributed by atoms with Gasteiger partial charge in [0.2, 0.25) is 0 Å². The second kappa shape index (κ2) is 4.82. The lowest BCUT2D eigenvalue weighted by Gasteiger charge is -2.13. The molecule has 0 aliphatic heterocycles. The Bertz CT molecular complexity index is 734. The van der Waals surface area contributed by atoms with E-state index < -0.39 is 9.84 Å². The topological polar surface area (TPSA) is 90.9 Å². The van der Waals surface area contributed by atoms with Gasteiger partial charge in [0.25, 0.3) is 0 Å². The molecule has 2 aromatic rings. The van der Waals surface area contributed by atoms with Crippen molar-refractivity contribution in [1.29, 1.82) is 0 Å². The lowest BCUT2D eigenvalue weighted by Crippen LogP contribution is -2.20. The van der Waals surface area contributed by atoms with Crippen LogP contribution in [-0.2, 0) is 9.84 Å². The number of imidazole rings is 1. The van der Waals surface area contributed by atoms with Gasteiger partial charge in [-0.2, -0.15) is 0 Å². The van der Waals surface area contributed by atoms with E-state index in [9.17, 15) is 8.42 Å². The molecular weight excluding hydrogens is 276 g/mol. The number of nitrogens with two attached hydrogens (primary N) is 1. The monoisotopic (exact) mass is 294 g/mol. The fraction of sp³-hybridized carbons (Fsp3) is 0.538. The van der Waals surface area contributed by atoms with Crippen LogP contribution in [0.2, 0.25) is 0 Å². The maximum Gasteiger partial charge on any atom is 0.160 e. The third-order valence-corrected chi connectivity index (χ3v) is 4.50. The van der Waals surface area contributed by atoms with Crippen LogP contribution in [0, 0.1) is 0 Å². The van der Waals surface area contributed by atoms with Crippen molar-refractivity contribution in [3.8, 4) is 0 Å². The summed E-state index contributed by atoms with van der Waals surface area (Å²) in [5.41, 5.74) is 7.83. The van der Waals surface area contributed by atoms with Crippen LogP contribution in [0.3, 0.4) is 0 Å². The van der Waals surface area contributed by atoms with Crippen LogP contribution in [0.15, 0.2) is 18.3 Å². The quantitative estimate of drug-likeness (QED) is 0.894. The first kappa shape index (κ1) is 13.5. The Hall–Kier alpha value is -1.47. The van der Waals surface area contributed by atoms with Crippen LogP contribution in [0.25, 0.3) is 11.2 Å². The summed E-state index contributed by atoms with van der Waals surface area (Å²) in [6, 6.07) is 3.79. The van der Waals surface area contributed by atoms with Gasteiger partial charge in [-0.15, -0.1) is 0 Å². The Kier molecular flexibility index (Phi) is 3.25. The smallest absolute Gasteiger partial charge is 0.160 e. The zero-order valence-corrected chi connectivity index (χ0v) is 12.2. The van der Waals surface area contributed by atoms with Gasteiger partial charge in [-0.1, -0.05) is 0 Å². The van der Waals surface area contributed by atoms with Crippen molar-refractivity contribution < 1.29 is 8.42 Å². The molecule has 0 saturated heterocycles. The molecule has 0 bridgehead atoms. The molecule has 108 valence electrons. The highest BCUT2D eigenvalue weighted by atomic mass is 32.2. The summed E-state index contributed by atoms with van der Waals surface area (Å²) in [5.74, 6) is 0.833. The largest absolute Gasteiger partial charge is 0.321 e. The number of hydrogen-bond donors (Lipinski definition) is 1. The second-order valence-corrected chi connectivity index (χ2v) is 7.70. The first-order chi connectivity index (χ1) is 9.46. The zero-order valence-electron chi connectivity index (χ0n) is 11.4. The van der Waals surface area contributed by atoms with Gasteiger partial charge >= 0.3 is 0 Å². The minimum absolute atomic E-state index is 0.0788. The van der Waals surface area contributed by atoms with E-state index in [1.807, 2.05) is 12.1 Å². The Balaban J connectivity index is 1.96. The summed E-state index contributed by atoms with van der Waals surface area (Å²) >= 11 is 0. The fourth-order valence-electron chi connectivity index (χ4n) is 2.37. The first-order valence-corrected chi connectivity index (χ1v) is 8.78. The molecule has 1 aliphatic rings. The van der Waals surface area contributed by atoms with Gasteiger partial charge in [0.05, 0.1) is 11.8 Å². The van der Waals surface area contributed by atoms with E-state index in [4.69, 9.17) is 5.73 Å². The predicted octanol–water partition coefficient (Wildman–Crippen LogP) is 1.20. The molecule has 7 heteroatoms. The van der Waals surface area contributed by atoms with Crippen molar-refractivity contribution in [1.82, 2.24) is 14.5 Å². The van der Waals surface area contributed by atoms with Crippen molar-refractivity contribution in [2.45, 2.75) is 31.3 Å². The summed E-state index contributed by atoms with van der Waals surface area (Å²) in [7, 11) is -3.01. The lowest BCUT2D eigenvalue weighted by molar-refractivity contribution is 0.569. The Labute approximate surface area is 117 Å². The third kappa shape index (κ3) is 2.69. The SMILES string of the molecule is CS(=O)(=O)CCC(N)c1nc2cccnc2n1C1CC1. The molecule has 3 rings (SSSR count). The van der Waals surface area contributed by atoms with E-state index in [1.54, 1.807) is 6.20 Å². The number of aromatic nitrogens is 3. The van der Waals surface area contributed by atoms with Gasteiger partial charge in [-0.25, -0.2) is 18.4 Å².